The Balaban J connectivity index is 0.00000144. The van der Waals surface area contributed by atoms with Crippen LogP contribution in [0, 0.1) is 0 Å². The topological polar surface area (TPSA) is 59.0 Å². The van der Waals surface area contributed by atoms with Crippen molar-refractivity contribution in [3.8, 4) is 0 Å². The summed E-state index contributed by atoms with van der Waals surface area (Å²) in [5.41, 5.74) is 1.03. The van der Waals surface area contributed by atoms with Gasteiger partial charge < -0.3 is 10.6 Å². The monoisotopic (exact) mass is 258 g/mol. The molecule has 0 aliphatic carbocycles. The molecule has 17 heavy (non-hydrogen) atoms. The normalized spacial score (nSPS) is 19.5. The molecule has 1 aliphatic heterocycles. The van der Waals surface area contributed by atoms with Gasteiger partial charge in [0.25, 0.3) is 0 Å². The maximum Gasteiger partial charge on any atom is 0.237 e. The van der Waals surface area contributed by atoms with Gasteiger partial charge >= 0.3 is 0 Å². The van der Waals surface area contributed by atoms with Gasteiger partial charge in [0.1, 0.15) is 0 Å². The summed E-state index contributed by atoms with van der Waals surface area (Å²) in [6, 6.07) is -0.00887. The lowest BCUT2D eigenvalue weighted by Gasteiger charge is -2.22. The first-order valence-electron chi connectivity index (χ1n) is 5.74. The van der Waals surface area contributed by atoms with Gasteiger partial charge in [0.2, 0.25) is 5.91 Å². The molecule has 1 fully saturated rings. The fourth-order valence-corrected chi connectivity index (χ4v) is 1.95. The third-order valence-corrected chi connectivity index (χ3v) is 2.85. The van der Waals surface area contributed by atoms with Gasteiger partial charge in [-0.3, -0.25) is 9.48 Å². The van der Waals surface area contributed by atoms with Crippen molar-refractivity contribution in [3.05, 3.63) is 18.0 Å². The van der Waals surface area contributed by atoms with Crippen LogP contribution < -0.4 is 10.6 Å². The van der Waals surface area contributed by atoms with Gasteiger partial charge in [-0.1, -0.05) is 6.42 Å². The molecule has 5 nitrogen and oxygen atoms in total. The van der Waals surface area contributed by atoms with E-state index >= 15 is 0 Å². The third-order valence-electron chi connectivity index (χ3n) is 2.85. The molecule has 1 atom stereocenters. The minimum Gasteiger partial charge on any atom is -0.351 e. The van der Waals surface area contributed by atoms with Crippen LogP contribution in [0.1, 0.15) is 24.8 Å². The lowest BCUT2D eigenvalue weighted by atomic mass is 10.0. The molecule has 1 aromatic heterocycles. The summed E-state index contributed by atoms with van der Waals surface area (Å²) in [6.45, 7) is 1.51. The quantitative estimate of drug-likeness (QED) is 0.835. The van der Waals surface area contributed by atoms with Crippen molar-refractivity contribution in [2.24, 2.45) is 7.05 Å². The van der Waals surface area contributed by atoms with Crippen LogP contribution in [0.4, 0.5) is 0 Å². The summed E-state index contributed by atoms with van der Waals surface area (Å²) in [4.78, 5) is 11.8. The Morgan fingerprint density at radius 2 is 2.47 bits per heavy atom. The smallest absolute Gasteiger partial charge is 0.237 e. The molecule has 2 rings (SSSR count). The van der Waals surface area contributed by atoms with Gasteiger partial charge in [-0.05, 0) is 19.4 Å². The largest absolute Gasteiger partial charge is 0.351 e. The van der Waals surface area contributed by atoms with E-state index in [-0.39, 0.29) is 24.4 Å². The van der Waals surface area contributed by atoms with Crippen molar-refractivity contribution in [2.45, 2.75) is 31.8 Å². The molecule has 1 amide bonds. The summed E-state index contributed by atoms with van der Waals surface area (Å²) in [6.07, 6.45) is 6.94. The van der Waals surface area contributed by atoms with Gasteiger partial charge in [0, 0.05) is 25.4 Å². The number of amides is 1. The van der Waals surface area contributed by atoms with E-state index in [2.05, 4.69) is 15.7 Å². The molecule has 96 valence electrons. The van der Waals surface area contributed by atoms with Crippen molar-refractivity contribution >= 4 is 18.3 Å². The molecule has 0 saturated carbocycles. The Bertz CT molecular complexity index is 360. The van der Waals surface area contributed by atoms with Crippen LogP contribution >= 0.6 is 12.4 Å². The lowest BCUT2D eigenvalue weighted by Crippen LogP contribution is -2.46. The first-order chi connectivity index (χ1) is 7.75. The summed E-state index contributed by atoms with van der Waals surface area (Å²) < 4.78 is 1.74. The first-order valence-corrected chi connectivity index (χ1v) is 5.74. The van der Waals surface area contributed by atoms with Crippen LogP contribution in [-0.4, -0.2) is 28.3 Å². The van der Waals surface area contributed by atoms with Crippen molar-refractivity contribution in [2.75, 3.05) is 6.54 Å². The van der Waals surface area contributed by atoms with Gasteiger partial charge in [-0.15, -0.1) is 12.4 Å². The lowest BCUT2D eigenvalue weighted by molar-refractivity contribution is -0.123. The maximum absolute atomic E-state index is 11.8. The first kappa shape index (κ1) is 14.0. The number of aromatic nitrogens is 2. The highest BCUT2D eigenvalue weighted by molar-refractivity contribution is 5.85. The number of piperidine rings is 1. The Labute approximate surface area is 107 Å². The Kier molecular flexibility index (Phi) is 5.44. The van der Waals surface area contributed by atoms with Crippen LogP contribution in [0.2, 0.25) is 0 Å². The average molecular weight is 259 g/mol. The number of halogens is 1. The highest BCUT2D eigenvalue weighted by Gasteiger charge is 2.19. The van der Waals surface area contributed by atoms with Gasteiger partial charge in [0.15, 0.2) is 0 Å². The van der Waals surface area contributed by atoms with Crippen LogP contribution in [0.5, 0.6) is 0 Å². The molecule has 0 spiro atoms. The number of aryl methyl sites for hydroxylation is 1. The molecule has 1 saturated heterocycles. The number of rotatable bonds is 3. The van der Waals surface area contributed by atoms with Crippen LogP contribution in [-0.2, 0) is 18.4 Å². The van der Waals surface area contributed by atoms with E-state index in [1.54, 1.807) is 10.9 Å². The van der Waals surface area contributed by atoms with E-state index in [1.807, 2.05) is 13.2 Å². The van der Waals surface area contributed by atoms with E-state index in [1.165, 1.54) is 6.42 Å². The maximum atomic E-state index is 11.8. The second-order valence-electron chi connectivity index (χ2n) is 4.24. The average Bonchev–Trinajstić information content (AvgIpc) is 2.73. The highest BCUT2D eigenvalue weighted by atomic mass is 35.5. The predicted octanol–water partition coefficient (Wildman–Crippen LogP) is 0.600. The molecular formula is C11H19ClN4O. The molecule has 1 aromatic rings. The molecule has 1 unspecified atom stereocenters. The van der Waals surface area contributed by atoms with Gasteiger partial charge in [-0.25, -0.2) is 0 Å². The van der Waals surface area contributed by atoms with E-state index < -0.39 is 0 Å². The van der Waals surface area contributed by atoms with Crippen LogP contribution in [0.25, 0.3) is 0 Å². The number of carbonyl (C=O) groups excluding carboxylic acids is 1. The zero-order valence-electron chi connectivity index (χ0n) is 9.98. The molecular weight excluding hydrogens is 240 g/mol. The molecule has 1 aliphatic rings. The van der Waals surface area contributed by atoms with Gasteiger partial charge in [-0.2, -0.15) is 5.10 Å². The molecule has 0 bridgehead atoms. The van der Waals surface area contributed by atoms with Gasteiger partial charge in [0.05, 0.1) is 12.2 Å². The number of nitrogens with zero attached hydrogens (tertiary/aromatic N) is 2. The van der Waals surface area contributed by atoms with Crippen molar-refractivity contribution < 1.29 is 4.79 Å². The Hall–Kier alpha value is -1.07. The zero-order chi connectivity index (χ0) is 11.4. The Morgan fingerprint density at radius 1 is 1.65 bits per heavy atom. The standard InChI is InChI=1S/C11H18N4O.ClH/c1-15-8-9(7-14-15)6-13-11(16)10-4-2-3-5-12-10;/h7-8,10,12H,2-6H2,1H3,(H,13,16);1H. The second-order valence-corrected chi connectivity index (χ2v) is 4.24. The molecule has 6 heteroatoms. The SMILES string of the molecule is Cl.Cn1cc(CNC(=O)C2CCCCN2)cn1. The fourth-order valence-electron chi connectivity index (χ4n) is 1.95. The summed E-state index contributed by atoms with van der Waals surface area (Å²) in [5.74, 6) is 0.101. The fraction of sp³-hybridized carbons (Fsp3) is 0.636. The van der Waals surface area contributed by atoms with Crippen molar-refractivity contribution in [1.82, 2.24) is 20.4 Å². The summed E-state index contributed by atoms with van der Waals surface area (Å²) >= 11 is 0. The zero-order valence-corrected chi connectivity index (χ0v) is 10.8. The molecule has 2 N–H and O–H groups in total. The minimum atomic E-state index is -0.00887. The van der Waals surface area contributed by atoms with Crippen molar-refractivity contribution in [1.29, 1.82) is 0 Å². The second kappa shape index (κ2) is 6.61. The molecule has 2 heterocycles. The third kappa shape index (κ3) is 4.02. The molecule has 0 aromatic carbocycles. The van der Waals surface area contributed by atoms with E-state index in [0.29, 0.717) is 6.54 Å². The summed E-state index contributed by atoms with van der Waals surface area (Å²) in [7, 11) is 1.87. The highest BCUT2D eigenvalue weighted by Crippen LogP contribution is 2.07. The van der Waals surface area contributed by atoms with Crippen LogP contribution in [0.3, 0.4) is 0 Å². The van der Waals surface area contributed by atoms with E-state index in [0.717, 1.165) is 24.9 Å². The van der Waals surface area contributed by atoms with E-state index in [9.17, 15) is 4.79 Å². The molecule has 0 radical (unpaired) electrons. The minimum absolute atomic E-state index is 0. The number of carbonyl (C=O) groups is 1. The number of hydrogen-bond acceptors (Lipinski definition) is 3. The van der Waals surface area contributed by atoms with E-state index in [4.69, 9.17) is 0 Å². The number of hydrogen-bond donors (Lipinski definition) is 2. The van der Waals surface area contributed by atoms with Crippen molar-refractivity contribution in [3.63, 3.8) is 0 Å². The van der Waals surface area contributed by atoms with Crippen LogP contribution in [0.15, 0.2) is 12.4 Å². The predicted molar refractivity (Wildman–Crippen MR) is 67.9 cm³/mol. The number of nitrogens with one attached hydrogen (secondary N) is 2. The Morgan fingerprint density at radius 3 is 3.06 bits per heavy atom. The summed E-state index contributed by atoms with van der Waals surface area (Å²) in [5, 5.41) is 10.2.